The van der Waals surface area contributed by atoms with Crippen LogP contribution in [-0.4, -0.2) is 15.6 Å². The lowest BCUT2D eigenvalue weighted by Crippen LogP contribution is -1.95. The molecule has 0 spiro atoms. The molecule has 0 saturated carbocycles. The fourth-order valence-electron chi connectivity index (χ4n) is 2.13. The van der Waals surface area contributed by atoms with Gasteiger partial charge < -0.3 is 0 Å². The Labute approximate surface area is 151 Å². The van der Waals surface area contributed by atoms with Crippen molar-refractivity contribution < 1.29 is 4.79 Å². The average molecular weight is 408 g/mol. The molecule has 116 valence electrons. The van der Waals surface area contributed by atoms with Crippen molar-refractivity contribution >= 4 is 50.7 Å². The van der Waals surface area contributed by atoms with Gasteiger partial charge >= 0.3 is 0 Å². The number of nitrogens with zero attached hydrogens (tertiary/aromatic N) is 2. The summed E-state index contributed by atoms with van der Waals surface area (Å²) >= 11 is 11.2. The van der Waals surface area contributed by atoms with Gasteiger partial charge in [0.1, 0.15) is 5.15 Å². The number of benzene rings is 1. The van der Waals surface area contributed by atoms with Crippen LogP contribution in [0.2, 0.25) is 5.15 Å². The van der Waals surface area contributed by atoms with Crippen molar-refractivity contribution in [3.63, 3.8) is 0 Å². The fraction of sp³-hybridized carbons (Fsp3) is 0.0588. The summed E-state index contributed by atoms with van der Waals surface area (Å²) in [7, 11) is 0. The number of hydrogen-bond acceptors (Lipinski definition) is 3. The molecule has 0 aliphatic rings. The van der Waals surface area contributed by atoms with E-state index in [2.05, 4.69) is 21.0 Å². The van der Waals surface area contributed by atoms with Crippen LogP contribution in [0.15, 0.2) is 52.3 Å². The molecule has 0 bridgehead atoms. The Bertz CT molecular complexity index is 883. The zero-order valence-corrected chi connectivity index (χ0v) is 15.3. The van der Waals surface area contributed by atoms with Gasteiger partial charge in [-0.3, -0.25) is 4.79 Å². The first-order valence-corrected chi connectivity index (χ1v) is 8.83. The van der Waals surface area contributed by atoms with Crippen LogP contribution in [0.1, 0.15) is 20.9 Å². The van der Waals surface area contributed by atoms with Gasteiger partial charge in [-0.1, -0.05) is 29.8 Å². The second-order valence-electron chi connectivity index (χ2n) is 4.84. The van der Waals surface area contributed by atoms with E-state index in [9.17, 15) is 4.79 Å². The monoisotopic (exact) mass is 406 g/mol. The van der Waals surface area contributed by atoms with Crippen molar-refractivity contribution in [2.45, 2.75) is 6.92 Å². The predicted molar refractivity (Wildman–Crippen MR) is 98.7 cm³/mol. The number of aryl methyl sites for hydroxylation is 1. The molecule has 0 radical (unpaired) electrons. The minimum Gasteiger partial charge on any atom is -0.288 e. The Balaban J connectivity index is 1.90. The largest absolute Gasteiger partial charge is 0.288 e. The van der Waals surface area contributed by atoms with Crippen LogP contribution in [0.25, 0.3) is 11.8 Å². The summed E-state index contributed by atoms with van der Waals surface area (Å²) in [5.74, 6) is -0.0522. The lowest BCUT2D eigenvalue weighted by molar-refractivity contribution is 0.105. The van der Waals surface area contributed by atoms with Gasteiger partial charge in [0.05, 0.1) is 20.0 Å². The molecular weight excluding hydrogens is 396 g/mol. The second-order valence-corrected chi connectivity index (χ2v) is 7.66. The van der Waals surface area contributed by atoms with Crippen molar-refractivity contribution in [1.29, 1.82) is 0 Å². The van der Waals surface area contributed by atoms with E-state index in [0.717, 1.165) is 20.7 Å². The number of carbonyl (C=O) groups is 1. The SMILES string of the molecule is Cc1nn(-c2ccccc2)c(Cl)c1C=CC(=O)c1ccc(Br)s1. The lowest BCUT2D eigenvalue weighted by Gasteiger charge is -2.01. The molecule has 0 unspecified atom stereocenters. The molecule has 0 aliphatic carbocycles. The molecule has 2 heterocycles. The topological polar surface area (TPSA) is 34.9 Å². The number of ketones is 1. The molecule has 1 aromatic carbocycles. The number of rotatable bonds is 4. The molecule has 0 N–H and O–H groups in total. The molecule has 0 saturated heterocycles. The van der Waals surface area contributed by atoms with Gasteiger partial charge in [-0.05, 0) is 59.3 Å². The Morgan fingerprint density at radius 3 is 2.65 bits per heavy atom. The van der Waals surface area contributed by atoms with Crippen LogP contribution in [0, 0.1) is 6.92 Å². The fourth-order valence-corrected chi connectivity index (χ4v) is 3.77. The molecule has 2 aromatic heterocycles. The van der Waals surface area contributed by atoms with Crippen LogP contribution in [0.4, 0.5) is 0 Å². The smallest absolute Gasteiger partial charge is 0.195 e. The highest BCUT2D eigenvalue weighted by Gasteiger charge is 2.13. The summed E-state index contributed by atoms with van der Waals surface area (Å²) in [6.45, 7) is 1.87. The number of halogens is 2. The van der Waals surface area contributed by atoms with Crippen molar-refractivity contribution in [1.82, 2.24) is 9.78 Å². The van der Waals surface area contributed by atoms with E-state index in [1.54, 1.807) is 16.8 Å². The molecule has 3 aromatic rings. The van der Waals surface area contributed by atoms with E-state index in [4.69, 9.17) is 11.6 Å². The zero-order chi connectivity index (χ0) is 16.4. The highest BCUT2D eigenvalue weighted by molar-refractivity contribution is 9.11. The first-order valence-electron chi connectivity index (χ1n) is 6.84. The Morgan fingerprint density at radius 1 is 1.26 bits per heavy atom. The van der Waals surface area contributed by atoms with Crippen molar-refractivity contribution in [2.75, 3.05) is 0 Å². The Kier molecular flexibility index (Phi) is 4.80. The van der Waals surface area contributed by atoms with Crippen LogP contribution in [0.5, 0.6) is 0 Å². The number of aromatic nitrogens is 2. The van der Waals surface area contributed by atoms with Crippen LogP contribution in [-0.2, 0) is 0 Å². The van der Waals surface area contributed by atoms with Crippen LogP contribution >= 0.6 is 38.9 Å². The molecule has 3 rings (SSSR count). The van der Waals surface area contributed by atoms with E-state index in [0.29, 0.717) is 10.0 Å². The van der Waals surface area contributed by atoms with Gasteiger partial charge in [-0.2, -0.15) is 5.10 Å². The van der Waals surface area contributed by atoms with Gasteiger partial charge in [0, 0.05) is 5.56 Å². The van der Waals surface area contributed by atoms with Crippen molar-refractivity contribution in [3.8, 4) is 5.69 Å². The summed E-state index contributed by atoms with van der Waals surface area (Å²) in [6, 6.07) is 13.3. The first kappa shape index (κ1) is 16.2. The molecule has 0 aliphatic heterocycles. The van der Waals surface area contributed by atoms with Gasteiger partial charge in [0.2, 0.25) is 0 Å². The normalized spacial score (nSPS) is 11.3. The van der Waals surface area contributed by atoms with Gasteiger partial charge in [0.25, 0.3) is 0 Å². The Hall–Kier alpha value is -1.69. The van der Waals surface area contributed by atoms with Gasteiger partial charge in [0.15, 0.2) is 5.78 Å². The number of carbonyl (C=O) groups excluding carboxylic acids is 1. The minimum atomic E-state index is -0.0522. The maximum atomic E-state index is 12.2. The lowest BCUT2D eigenvalue weighted by atomic mass is 10.2. The highest BCUT2D eigenvalue weighted by Crippen LogP contribution is 2.26. The quantitative estimate of drug-likeness (QED) is 0.419. The van der Waals surface area contributed by atoms with E-state index >= 15 is 0 Å². The number of thiophene rings is 1. The molecule has 0 fully saturated rings. The number of hydrogen-bond donors (Lipinski definition) is 0. The van der Waals surface area contributed by atoms with Crippen LogP contribution in [0.3, 0.4) is 0 Å². The van der Waals surface area contributed by atoms with E-state index in [1.807, 2.05) is 43.3 Å². The maximum Gasteiger partial charge on any atom is 0.195 e. The molecule has 6 heteroatoms. The third-order valence-electron chi connectivity index (χ3n) is 3.27. The summed E-state index contributed by atoms with van der Waals surface area (Å²) in [4.78, 5) is 12.8. The molecule has 0 amide bonds. The van der Waals surface area contributed by atoms with Gasteiger partial charge in [-0.25, -0.2) is 4.68 Å². The third kappa shape index (κ3) is 3.47. The summed E-state index contributed by atoms with van der Waals surface area (Å²) in [6.07, 6.45) is 3.25. The molecule has 23 heavy (non-hydrogen) atoms. The number of allylic oxidation sites excluding steroid dienone is 1. The van der Waals surface area contributed by atoms with Crippen molar-refractivity contribution in [2.24, 2.45) is 0 Å². The molecular formula is C17H12BrClN2OS. The average Bonchev–Trinajstić information content (AvgIpc) is 3.10. The molecule has 3 nitrogen and oxygen atoms in total. The highest BCUT2D eigenvalue weighted by atomic mass is 79.9. The van der Waals surface area contributed by atoms with E-state index in [-0.39, 0.29) is 5.78 Å². The summed E-state index contributed by atoms with van der Waals surface area (Å²) < 4.78 is 2.60. The van der Waals surface area contributed by atoms with E-state index in [1.165, 1.54) is 17.4 Å². The summed E-state index contributed by atoms with van der Waals surface area (Å²) in [5, 5.41) is 4.94. The predicted octanol–water partition coefficient (Wildman–Crippen LogP) is 5.55. The standard InChI is InChI=1S/C17H12BrClN2OS/c1-11-13(7-8-14(22)15-9-10-16(18)23-15)17(19)21(20-11)12-5-3-2-4-6-12/h2-10H,1H3. The van der Waals surface area contributed by atoms with Crippen LogP contribution < -0.4 is 0 Å². The van der Waals surface area contributed by atoms with Crippen molar-refractivity contribution in [3.05, 3.63) is 73.6 Å². The Morgan fingerprint density at radius 2 is 2.00 bits per heavy atom. The maximum absolute atomic E-state index is 12.2. The van der Waals surface area contributed by atoms with E-state index < -0.39 is 0 Å². The zero-order valence-electron chi connectivity index (χ0n) is 12.2. The second kappa shape index (κ2) is 6.83. The third-order valence-corrected chi connectivity index (χ3v) is 5.27. The van der Waals surface area contributed by atoms with Gasteiger partial charge in [-0.15, -0.1) is 11.3 Å². The first-order chi connectivity index (χ1) is 11.1. The minimum absolute atomic E-state index is 0.0522. The number of para-hydroxylation sites is 1. The molecule has 0 atom stereocenters. The summed E-state index contributed by atoms with van der Waals surface area (Å²) in [5.41, 5.74) is 2.41.